The van der Waals surface area contributed by atoms with E-state index in [1.807, 2.05) is 0 Å². The summed E-state index contributed by atoms with van der Waals surface area (Å²) in [5.41, 5.74) is 0.0169. The largest absolute Gasteiger partial charge is 0.697 e. The van der Waals surface area contributed by atoms with Crippen LogP contribution in [0.15, 0.2) is 30.3 Å². The van der Waals surface area contributed by atoms with Gasteiger partial charge in [0.2, 0.25) is 0 Å². The lowest BCUT2D eigenvalue weighted by atomic mass is 10.3. The predicted octanol–water partition coefficient (Wildman–Crippen LogP) is 0.802. The van der Waals surface area contributed by atoms with Gasteiger partial charge in [0.15, 0.2) is 0 Å². The molecular weight excluding hydrogens is 237 g/mol. The molecule has 1 rings (SSSR count). The van der Waals surface area contributed by atoms with Crippen LogP contribution in [0.1, 0.15) is 0 Å². The maximum absolute atomic E-state index is 13.3. The number of hydrogen-bond donors (Lipinski definition) is 1. The SMILES string of the molecule is O=C(Nc1ccccc1)C(F)([N+](=O)[O-])[N+](=O)[O-]. The van der Waals surface area contributed by atoms with Crippen molar-refractivity contribution < 1.29 is 19.0 Å². The first kappa shape index (κ1) is 12.5. The highest BCUT2D eigenvalue weighted by molar-refractivity contribution is 5.94. The molecule has 1 aromatic rings. The van der Waals surface area contributed by atoms with Crippen molar-refractivity contribution in [1.29, 1.82) is 0 Å². The number of amides is 1. The van der Waals surface area contributed by atoms with Gasteiger partial charge in [-0.2, -0.15) is 0 Å². The fourth-order valence-corrected chi connectivity index (χ4v) is 0.965. The second-order valence-electron chi connectivity index (χ2n) is 2.92. The van der Waals surface area contributed by atoms with E-state index in [1.54, 1.807) is 11.4 Å². The van der Waals surface area contributed by atoms with Gasteiger partial charge in [-0.15, -0.1) is 0 Å². The number of nitrogens with zero attached hydrogens (tertiary/aromatic N) is 2. The van der Waals surface area contributed by atoms with E-state index in [0.29, 0.717) is 0 Å². The van der Waals surface area contributed by atoms with E-state index in [4.69, 9.17) is 0 Å². The number of rotatable bonds is 4. The van der Waals surface area contributed by atoms with Crippen molar-refractivity contribution in [3.05, 3.63) is 50.6 Å². The van der Waals surface area contributed by atoms with Crippen LogP contribution < -0.4 is 5.32 Å². The van der Waals surface area contributed by atoms with Gasteiger partial charge in [-0.1, -0.05) is 22.6 Å². The van der Waals surface area contributed by atoms with E-state index in [-0.39, 0.29) is 5.69 Å². The summed E-state index contributed by atoms with van der Waals surface area (Å²) in [4.78, 5) is 27.8. The lowest BCUT2D eigenvalue weighted by Crippen LogP contribution is -2.52. The fourth-order valence-electron chi connectivity index (χ4n) is 0.965. The van der Waals surface area contributed by atoms with Crippen LogP contribution in [-0.4, -0.2) is 21.7 Å². The molecule has 0 saturated carbocycles. The Bertz CT molecular complexity index is 449. The molecule has 17 heavy (non-hydrogen) atoms. The molecular formula is C8H6FN3O5. The first-order valence-corrected chi connectivity index (χ1v) is 4.23. The number of carbonyl (C=O) groups is 1. The lowest BCUT2D eigenvalue weighted by Gasteiger charge is -2.08. The van der Waals surface area contributed by atoms with Crippen LogP contribution in [0.4, 0.5) is 10.1 Å². The summed E-state index contributed by atoms with van der Waals surface area (Å²) in [7, 11) is 0. The van der Waals surface area contributed by atoms with Gasteiger partial charge < -0.3 is 5.32 Å². The lowest BCUT2D eigenvalue weighted by molar-refractivity contribution is -0.808. The summed E-state index contributed by atoms with van der Waals surface area (Å²) in [5, 5.41) is 22.2. The number of hydrogen-bond acceptors (Lipinski definition) is 5. The number of benzene rings is 1. The van der Waals surface area contributed by atoms with Crippen LogP contribution in [0.2, 0.25) is 0 Å². The van der Waals surface area contributed by atoms with Crippen LogP contribution in [0, 0.1) is 20.2 Å². The molecule has 0 atom stereocenters. The number of nitro groups is 2. The predicted molar refractivity (Wildman–Crippen MR) is 52.9 cm³/mol. The van der Waals surface area contributed by atoms with Crippen molar-refractivity contribution in [3.63, 3.8) is 0 Å². The van der Waals surface area contributed by atoms with Crippen LogP contribution >= 0.6 is 0 Å². The highest BCUT2D eigenvalue weighted by atomic mass is 19.2. The quantitative estimate of drug-likeness (QED) is 0.363. The minimum Gasteiger partial charge on any atom is -0.310 e. The highest BCUT2D eigenvalue weighted by Crippen LogP contribution is 2.16. The van der Waals surface area contributed by atoms with Crippen molar-refractivity contribution in [1.82, 2.24) is 0 Å². The van der Waals surface area contributed by atoms with E-state index < -0.39 is 21.7 Å². The Morgan fingerprint density at radius 3 is 2.06 bits per heavy atom. The number of carbonyl (C=O) groups excluding carboxylic acids is 1. The molecule has 0 bridgehead atoms. The topological polar surface area (TPSA) is 115 Å². The van der Waals surface area contributed by atoms with Gasteiger partial charge in [-0.25, -0.2) is 0 Å². The van der Waals surface area contributed by atoms with Gasteiger partial charge in [0.25, 0.3) is 0 Å². The average molecular weight is 243 g/mol. The molecule has 0 unspecified atom stereocenters. The molecule has 0 heterocycles. The van der Waals surface area contributed by atoms with Gasteiger partial charge in [0, 0.05) is 5.69 Å². The molecule has 1 amide bonds. The Morgan fingerprint density at radius 2 is 1.65 bits per heavy atom. The Morgan fingerprint density at radius 1 is 1.18 bits per heavy atom. The van der Waals surface area contributed by atoms with Crippen molar-refractivity contribution in [2.24, 2.45) is 0 Å². The number of para-hydroxylation sites is 1. The normalized spacial score (nSPS) is 10.6. The third-order valence-corrected chi connectivity index (χ3v) is 1.80. The monoisotopic (exact) mass is 243 g/mol. The zero-order chi connectivity index (χ0) is 13.1. The van der Waals surface area contributed by atoms with Crippen LogP contribution in [0.3, 0.4) is 0 Å². The Hall–Kier alpha value is -2.58. The van der Waals surface area contributed by atoms with E-state index in [1.165, 1.54) is 24.3 Å². The maximum Gasteiger partial charge on any atom is 0.697 e. The molecule has 0 saturated heterocycles. The van der Waals surface area contributed by atoms with E-state index in [2.05, 4.69) is 0 Å². The van der Waals surface area contributed by atoms with Crippen LogP contribution in [-0.2, 0) is 4.79 Å². The van der Waals surface area contributed by atoms with Crippen LogP contribution in [0.5, 0.6) is 0 Å². The van der Waals surface area contributed by atoms with E-state index in [0.717, 1.165) is 0 Å². The first-order chi connectivity index (χ1) is 7.89. The summed E-state index contributed by atoms with van der Waals surface area (Å²) in [6.45, 7) is 0. The third-order valence-electron chi connectivity index (χ3n) is 1.80. The molecule has 0 spiro atoms. The summed E-state index contributed by atoms with van der Waals surface area (Å²) in [6.07, 6.45) is 0. The van der Waals surface area contributed by atoms with Gasteiger partial charge in [0.1, 0.15) is 9.85 Å². The zero-order valence-corrected chi connectivity index (χ0v) is 8.20. The Kier molecular flexibility index (Phi) is 3.31. The smallest absolute Gasteiger partial charge is 0.310 e. The minimum atomic E-state index is -4.39. The zero-order valence-electron chi connectivity index (χ0n) is 8.20. The Balaban J connectivity index is 2.96. The third kappa shape index (κ3) is 2.33. The first-order valence-electron chi connectivity index (χ1n) is 4.23. The highest BCUT2D eigenvalue weighted by Gasteiger charge is 2.66. The molecule has 0 aromatic heterocycles. The van der Waals surface area contributed by atoms with Gasteiger partial charge >= 0.3 is 11.8 Å². The van der Waals surface area contributed by atoms with Crippen molar-refractivity contribution >= 4 is 11.6 Å². The summed E-state index contributed by atoms with van der Waals surface area (Å²) in [5.74, 6) is -6.35. The Labute approximate surface area is 93.3 Å². The number of halogens is 1. The molecule has 0 fully saturated rings. The van der Waals surface area contributed by atoms with Crippen LogP contribution in [0.25, 0.3) is 0 Å². The fraction of sp³-hybridized carbons (Fsp3) is 0.125. The second-order valence-corrected chi connectivity index (χ2v) is 2.92. The van der Waals surface area contributed by atoms with Gasteiger partial charge in [-0.3, -0.25) is 25.0 Å². The molecule has 90 valence electrons. The molecule has 0 aliphatic carbocycles. The molecule has 0 aliphatic rings. The standard InChI is InChI=1S/C8H6FN3O5/c9-8(11(14)15,12(16)17)7(13)10-6-4-2-1-3-5-6/h1-5H,(H,10,13). The summed E-state index contributed by atoms with van der Waals surface area (Å²) < 4.78 is 13.3. The molecule has 0 radical (unpaired) electrons. The summed E-state index contributed by atoms with van der Waals surface area (Å²) >= 11 is 0. The number of nitrogens with one attached hydrogen (secondary N) is 1. The molecule has 1 N–H and O–H groups in total. The van der Waals surface area contributed by atoms with Crippen molar-refractivity contribution in [3.8, 4) is 0 Å². The van der Waals surface area contributed by atoms with E-state index >= 15 is 0 Å². The average Bonchev–Trinajstić information content (AvgIpc) is 2.28. The van der Waals surface area contributed by atoms with Crippen molar-refractivity contribution in [2.45, 2.75) is 5.92 Å². The molecule has 1 aromatic carbocycles. The van der Waals surface area contributed by atoms with Gasteiger partial charge in [-0.05, 0) is 12.1 Å². The number of alkyl halides is 1. The second kappa shape index (κ2) is 4.51. The molecule has 9 heteroatoms. The van der Waals surface area contributed by atoms with Crippen molar-refractivity contribution in [2.75, 3.05) is 5.32 Å². The summed E-state index contributed by atoms with van der Waals surface area (Å²) in [6, 6.07) is 7.12. The minimum absolute atomic E-state index is 0.0169. The maximum atomic E-state index is 13.3. The number of anilines is 1. The molecule has 0 aliphatic heterocycles. The van der Waals surface area contributed by atoms with E-state index in [9.17, 15) is 29.4 Å². The molecule has 8 nitrogen and oxygen atoms in total. The van der Waals surface area contributed by atoms with Gasteiger partial charge in [0.05, 0.1) is 0 Å².